The topological polar surface area (TPSA) is 46.2 Å². The SMILES string of the molecule is Cc1ccc(C)c(S(=O)(=O)N[C@@H](c2ccc(F)cc2)c2cccs2)c1. The van der Waals surface area contributed by atoms with Gasteiger partial charge in [0, 0.05) is 4.88 Å². The fraction of sp³-hybridized carbons (Fsp3) is 0.158. The van der Waals surface area contributed by atoms with E-state index >= 15 is 0 Å². The van der Waals surface area contributed by atoms with Crippen LogP contribution in [-0.2, 0) is 10.0 Å². The lowest BCUT2D eigenvalue weighted by atomic mass is 10.1. The highest BCUT2D eigenvalue weighted by atomic mass is 32.2. The number of thiophene rings is 1. The van der Waals surface area contributed by atoms with Crippen LogP contribution in [0.1, 0.15) is 27.6 Å². The van der Waals surface area contributed by atoms with Gasteiger partial charge < -0.3 is 0 Å². The van der Waals surface area contributed by atoms with Gasteiger partial charge in [0.2, 0.25) is 10.0 Å². The molecular weight excluding hydrogens is 357 g/mol. The minimum Gasteiger partial charge on any atom is -0.207 e. The van der Waals surface area contributed by atoms with Gasteiger partial charge in [-0.2, -0.15) is 4.72 Å². The van der Waals surface area contributed by atoms with Gasteiger partial charge in [-0.25, -0.2) is 12.8 Å². The molecule has 0 saturated carbocycles. The minimum atomic E-state index is -3.73. The Morgan fingerprint density at radius 1 is 1.04 bits per heavy atom. The average molecular weight is 375 g/mol. The molecule has 1 aromatic heterocycles. The number of halogens is 1. The molecule has 25 heavy (non-hydrogen) atoms. The highest BCUT2D eigenvalue weighted by Crippen LogP contribution is 2.29. The van der Waals surface area contributed by atoms with E-state index in [0.29, 0.717) is 11.1 Å². The molecule has 1 heterocycles. The molecule has 3 nitrogen and oxygen atoms in total. The smallest absolute Gasteiger partial charge is 0.207 e. The first kappa shape index (κ1) is 17.8. The first-order chi connectivity index (χ1) is 11.9. The lowest BCUT2D eigenvalue weighted by molar-refractivity contribution is 0.572. The van der Waals surface area contributed by atoms with E-state index in [1.54, 1.807) is 31.2 Å². The first-order valence-electron chi connectivity index (χ1n) is 7.75. The predicted octanol–water partition coefficient (Wildman–Crippen LogP) is 4.57. The van der Waals surface area contributed by atoms with Crippen molar-refractivity contribution in [3.63, 3.8) is 0 Å². The lowest BCUT2D eigenvalue weighted by Gasteiger charge is -2.19. The zero-order valence-corrected chi connectivity index (χ0v) is 15.5. The Bertz CT molecular complexity index is 965. The maximum Gasteiger partial charge on any atom is 0.241 e. The molecule has 2 aromatic carbocycles. The summed E-state index contributed by atoms with van der Waals surface area (Å²) in [7, 11) is -3.73. The highest BCUT2D eigenvalue weighted by molar-refractivity contribution is 7.89. The van der Waals surface area contributed by atoms with Crippen LogP contribution in [-0.4, -0.2) is 8.42 Å². The molecule has 0 radical (unpaired) electrons. The number of hydrogen-bond donors (Lipinski definition) is 1. The zero-order chi connectivity index (χ0) is 18.0. The second-order valence-corrected chi connectivity index (χ2v) is 8.55. The van der Waals surface area contributed by atoms with Crippen molar-refractivity contribution in [3.8, 4) is 0 Å². The molecule has 0 aliphatic rings. The van der Waals surface area contributed by atoms with Crippen LogP contribution in [0.25, 0.3) is 0 Å². The minimum absolute atomic E-state index is 0.260. The number of hydrogen-bond acceptors (Lipinski definition) is 3. The third kappa shape index (κ3) is 3.98. The molecule has 0 unspecified atom stereocenters. The van der Waals surface area contributed by atoms with Crippen molar-refractivity contribution in [2.24, 2.45) is 0 Å². The second kappa shape index (κ2) is 7.07. The molecule has 6 heteroatoms. The molecule has 3 rings (SSSR count). The van der Waals surface area contributed by atoms with E-state index in [0.717, 1.165) is 10.4 Å². The average Bonchev–Trinajstić information content (AvgIpc) is 3.10. The summed E-state index contributed by atoms with van der Waals surface area (Å²) in [6.45, 7) is 3.63. The van der Waals surface area contributed by atoms with E-state index in [1.807, 2.05) is 30.5 Å². The predicted molar refractivity (Wildman–Crippen MR) is 98.8 cm³/mol. The van der Waals surface area contributed by atoms with E-state index < -0.39 is 16.1 Å². The molecule has 0 saturated heterocycles. The summed E-state index contributed by atoms with van der Waals surface area (Å²) in [6, 6.07) is 14.4. The Kier molecular flexibility index (Phi) is 5.03. The van der Waals surface area contributed by atoms with Crippen LogP contribution in [0.2, 0.25) is 0 Å². The van der Waals surface area contributed by atoms with Crippen molar-refractivity contribution in [2.45, 2.75) is 24.8 Å². The molecule has 3 aromatic rings. The van der Waals surface area contributed by atoms with E-state index in [4.69, 9.17) is 0 Å². The Hall–Kier alpha value is -2.02. The van der Waals surface area contributed by atoms with Crippen LogP contribution in [0.4, 0.5) is 4.39 Å². The van der Waals surface area contributed by atoms with Gasteiger partial charge in [-0.3, -0.25) is 0 Å². The Morgan fingerprint density at radius 3 is 2.40 bits per heavy atom. The molecule has 0 aliphatic carbocycles. The number of aryl methyl sites for hydroxylation is 2. The maximum atomic E-state index is 13.3. The maximum absolute atomic E-state index is 13.3. The molecular formula is C19H18FNO2S2. The summed E-state index contributed by atoms with van der Waals surface area (Å²) >= 11 is 1.45. The molecule has 0 fully saturated rings. The van der Waals surface area contributed by atoms with Crippen LogP contribution in [0.5, 0.6) is 0 Å². The summed E-state index contributed by atoms with van der Waals surface area (Å²) in [5.74, 6) is -0.355. The molecule has 0 aliphatic heterocycles. The van der Waals surface area contributed by atoms with Gasteiger partial charge in [-0.1, -0.05) is 30.3 Å². The van der Waals surface area contributed by atoms with Crippen molar-refractivity contribution in [3.05, 3.63) is 87.4 Å². The lowest BCUT2D eigenvalue weighted by Crippen LogP contribution is -2.29. The zero-order valence-electron chi connectivity index (χ0n) is 13.9. The van der Waals surface area contributed by atoms with Gasteiger partial charge >= 0.3 is 0 Å². The van der Waals surface area contributed by atoms with Gasteiger partial charge in [-0.05, 0) is 60.2 Å². The van der Waals surface area contributed by atoms with Gasteiger partial charge in [0.15, 0.2) is 0 Å². The Morgan fingerprint density at radius 2 is 1.76 bits per heavy atom. The van der Waals surface area contributed by atoms with Gasteiger partial charge in [0.1, 0.15) is 5.82 Å². The van der Waals surface area contributed by atoms with Crippen molar-refractivity contribution in [1.29, 1.82) is 0 Å². The van der Waals surface area contributed by atoms with Crippen LogP contribution in [0.15, 0.2) is 64.9 Å². The fourth-order valence-corrected chi connectivity index (χ4v) is 5.03. The number of sulfonamides is 1. The van der Waals surface area contributed by atoms with Crippen molar-refractivity contribution >= 4 is 21.4 Å². The molecule has 0 amide bonds. The largest absolute Gasteiger partial charge is 0.241 e. The summed E-state index contributed by atoms with van der Waals surface area (Å²) in [6.07, 6.45) is 0. The van der Waals surface area contributed by atoms with Crippen molar-refractivity contribution in [2.75, 3.05) is 0 Å². The summed E-state index contributed by atoms with van der Waals surface area (Å²) in [4.78, 5) is 1.11. The molecule has 0 bridgehead atoms. The molecule has 1 atom stereocenters. The van der Waals surface area contributed by atoms with Crippen molar-refractivity contribution in [1.82, 2.24) is 4.72 Å². The van der Waals surface area contributed by atoms with Gasteiger partial charge in [-0.15, -0.1) is 11.3 Å². The van der Waals surface area contributed by atoms with Crippen LogP contribution >= 0.6 is 11.3 Å². The van der Waals surface area contributed by atoms with E-state index in [9.17, 15) is 12.8 Å². The summed E-state index contributed by atoms with van der Waals surface area (Å²) in [5.41, 5.74) is 2.25. The normalized spacial score (nSPS) is 12.9. The van der Waals surface area contributed by atoms with Crippen LogP contribution in [0.3, 0.4) is 0 Å². The van der Waals surface area contributed by atoms with Crippen LogP contribution < -0.4 is 4.72 Å². The Labute approximate surface area is 151 Å². The number of rotatable bonds is 5. The number of benzene rings is 2. The quantitative estimate of drug-likeness (QED) is 0.710. The first-order valence-corrected chi connectivity index (χ1v) is 10.1. The Balaban J connectivity index is 2.03. The van der Waals surface area contributed by atoms with Crippen molar-refractivity contribution < 1.29 is 12.8 Å². The van der Waals surface area contributed by atoms with E-state index in [1.165, 1.54) is 23.5 Å². The van der Waals surface area contributed by atoms with Gasteiger partial charge in [0.25, 0.3) is 0 Å². The van der Waals surface area contributed by atoms with Gasteiger partial charge in [0.05, 0.1) is 10.9 Å². The third-order valence-electron chi connectivity index (χ3n) is 3.94. The highest BCUT2D eigenvalue weighted by Gasteiger charge is 2.25. The van der Waals surface area contributed by atoms with Crippen LogP contribution in [0, 0.1) is 19.7 Å². The van der Waals surface area contributed by atoms with E-state index in [-0.39, 0.29) is 10.7 Å². The summed E-state index contributed by atoms with van der Waals surface area (Å²) < 4.78 is 42.0. The monoisotopic (exact) mass is 375 g/mol. The molecule has 0 spiro atoms. The number of nitrogens with one attached hydrogen (secondary N) is 1. The molecule has 130 valence electrons. The fourth-order valence-electron chi connectivity index (χ4n) is 2.62. The summed E-state index contributed by atoms with van der Waals surface area (Å²) in [5, 5.41) is 1.89. The third-order valence-corrected chi connectivity index (χ3v) is 6.44. The standard InChI is InChI=1S/C19H18FNO2S2/c1-13-5-6-14(2)18(12-13)25(22,23)21-19(17-4-3-11-24-17)15-7-9-16(20)10-8-15/h3-12,19,21H,1-2H3/t19-/m0/s1. The molecule has 1 N–H and O–H groups in total. The van der Waals surface area contributed by atoms with E-state index in [2.05, 4.69) is 4.72 Å². The second-order valence-electron chi connectivity index (χ2n) is 5.89.